The molecule has 49 heavy (non-hydrogen) atoms. The zero-order valence-corrected chi connectivity index (χ0v) is 32.8. The molecule has 0 spiro atoms. The van der Waals surface area contributed by atoms with Gasteiger partial charge in [-0.1, -0.05) is 125 Å². The Balaban J connectivity index is 0.000000204. The van der Waals surface area contributed by atoms with Crippen LogP contribution in [0.1, 0.15) is 46.1 Å². The van der Waals surface area contributed by atoms with Crippen LogP contribution in [-0.2, 0) is 26.5 Å². The number of hydrogen-bond donors (Lipinski definition) is 0. The maximum absolute atomic E-state index is 8.27. The van der Waals surface area contributed by atoms with Gasteiger partial charge in [-0.3, -0.25) is 0 Å². The van der Waals surface area contributed by atoms with Gasteiger partial charge in [0.25, 0.3) is 0 Å². The molecular formula is C44H44IrN2OSi-2. The Hall–Kier alpha value is -4.15. The van der Waals surface area contributed by atoms with E-state index in [0.29, 0.717) is 5.92 Å². The first-order chi connectivity index (χ1) is 23.4. The minimum absolute atomic E-state index is 0. The van der Waals surface area contributed by atoms with Crippen LogP contribution in [0, 0.1) is 18.1 Å². The zero-order chi connectivity index (χ0) is 34.8. The summed E-state index contributed by atoms with van der Waals surface area (Å²) in [7, 11) is -1.34. The third-order valence-corrected chi connectivity index (χ3v) is 10.6. The Kier molecular flexibility index (Phi) is 11.0. The molecule has 0 aliphatic carbocycles. The fourth-order valence-electron chi connectivity index (χ4n) is 6.04. The van der Waals surface area contributed by atoms with Crippen LogP contribution < -0.4 is 5.19 Å². The molecule has 0 unspecified atom stereocenters. The van der Waals surface area contributed by atoms with Crippen molar-refractivity contribution in [3.05, 3.63) is 139 Å². The predicted octanol–water partition coefficient (Wildman–Crippen LogP) is 11.5. The summed E-state index contributed by atoms with van der Waals surface area (Å²) < 4.78 is 14.5. The molecule has 0 saturated carbocycles. The number of pyridine rings is 2. The van der Waals surface area contributed by atoms with Crippen molar-refractivity contribution in [2.75, 3.05) is 0 Å². The first-order valence-corrected chi connectivity index (χ1v) is 20.2. The second-order valence-electron chi connectivity index (χ2n) is 14.1. The number of rotatable bonds is 7. The van der Waals surface area contributed by atoms with Gasteiger partial charge in [-0.05, 0) is 63.5 Å². The van der Waals surface area contributed by atoms with Crippen molar-refractivity contribution in [3.63, 3.8) is 0 Å². The van der Waals surface area contributed by atoms with Gasteiger partial charge in [0, 0.05) is 33.9 Å². The molecule has 251 valence electrons. The van der Waals surface area contributed by atoms with Crippen molar-refractivity contribution in [2.45, 2.75) is 59.7 Å². The van der Waals surface area contributed by atoms with E-state index in [4.69, 9.17) is 5.79 Å². The summed E-state index contributed by atoms with van der Waals surface area (Å²) in [6, 6.07) is 41.4. The van der Waals surface area contributed by atoms with Crippen LogP contribution in [0.4, 0.5) is 0 Å². The van der Waals surface area contributed by atoms with Crippen LogP contribution in [-0.4, -0.2) is 18.0 Å². The minimum Gasteiger partial charge on any atom is -0.476 e. The van der Waals surface area contributed by atoms with E-state index in [2.05, 4.69) is 104 Å². The summed E-state index contributed by atoms with van der Waals surface area (Å²) in [6.45, 7) is 15.5. The van der Waals surface area contributed by atoms with Crippen LogP contribution in [0.5, 0.6) is 0 Å². The number of hydrogen-bond acceptors (Lipinski definition) is 3. The molecule has 3 aromatic heterocycles. The van der Waals surface area contributed by atoms with Gasteiger partial charge < -0.3 is 14.4 Å². The molecule has 7 aromatic rings. The van der Waals surface area contributed by atoms with E-state index in [1.165, 1.54) is 16.3 Å². The molecule has 1 radical (unpaired) electrons. The molecule has 3 heterocycles. The molecule has 0 saturated heterocycles. The summed E-state index contributed by atoms with van der Waals surface area (Å²) >= 11 is 0. The van der Waals surface area contributed by atoms with Gasteiger partial charge in [0.05, 0.1) is 13.7 Å². The fourth-order valence-corrected chi connectivity index (χ4v) is 7.63. The second kappa shape index (κ2) is 15.6. The molecule has 7 rings (SSSR count). The molecule has 0 bridgehead atoms. The zero-order valence-electron chi connectivity index (χ0n) is 30.4. The summed E-state index contributed by atoms with van der Waals surface area (Å²) in [6.07, 6.45) is 4.99. The molecule has 0 aliphatic heterocycles. The van der Waals surface area contributed by atoms with Crippen molar-refractivity contribution >= 4 is 35.2 Å². The summed E-state index contributed by atoms with van der Waals surface area (Å²) in [4.78, 5) is 9.17. The summed E-state index contributed by atoms with van der Waals surface area (Å²) in [5.41, 5.74) is 10.2. The SMILES string of the molecule is CC(C)Cc1cc(-c2[c-]cccc2)ncc1[Si](C)(C)C.[2H]C(C)(C)c1ccnc(-c2[c-]cc3c(c2)oc2cc(-c4ccccc4)ccc23)c1.[Ir]. The van der Waals surface area contributed by atoms with E-state index in [1.54, 1.807) is 6.20 Å². The van der Waals surface area contributed by atoms with Crippen LogP contribution in [0.25, 0.3) is 55.6 Å². The molecular weight excluding hydrogens is 793 g/mol. The Morgan fingerprint density at radius 2 is 1.47 bits per heavy atom. The smallest absolute Gasteiger partial charge is 0.124 e. The Bertz CT molecular complexity index is 2200. The van der Waals surface area contributed by atoms with Gasteiger partial charge in [-0.15, -0.1) is 53.6 Å². The largest absolute Gasteiger partial charge is 0.476 e. The molecule has 0 fully saturated rings. The van der Waals surface area contributed by atoms with Gasteiger partial charge in [0.15, 0.2) is 0 Å². The van der Waals surface area contributed by atoms with Gasteiger partial charge in [-0.2, -0.15) is 0 Å². The van der Waals surface area contributed by atoms with E-state index < -0.39 is 14.0 Å². The molecule has 0 aliphatic rings. The van der Waals surface area contributed by atoms with Crippen molar-refractivity contribution in [1.29, 1.82) is 0 Å². The predicted molar refractivity (Wildman–Crippen MR) is 205 cm³/mol. The fraction of sp³-hybridized carbons (Fsp3) is 0.227. The second-order valence-corrected chi connectivity index (χ2v) is 19.1. The number of benzene rings is 4. The van der Waals surface area contributed by atoms with Gasteiger partial charge in [0.2, 0.25) is 0 Å². The normalized spacial score (nSPS) is 12.0. The average Bonchev–Trinajstić information content (AvgIpc) is 3.45. The Morgan fingerprint density at radius 1 is 0.735 bits per heavy atom. The van der Waals surface area contributed by atoms with E-state index >= 15 is 0 Å². The standard InChI is InChI=1S/C26H20NO.C18H24NSi.Ir/c1-17(2)19-12-13-27-24(14-19)21-9-11-23-22-10-8-20(18-6-4-3-5-7-18)15-25(22)28-26(23)16-21;1-14(2)11-16-12-17(15-9-7-6-8-10-15)19-13-18(16)20(3,4)5;/h3-8,10-17H,1-2H3;6-9,12-14H,11H2,1-5H3;/q2*-1;/i17D;;. The maximum atomic E-state index is 8.27. The third-order valence-electron chi connectivity index (χ3n) is 8.54. The Morgan fingerprint density at radius 3 is 2.16 bits per heavy atom. The first kappa shape index (κ1) is 34.7. The summed E-state index contributed by atoms with van der Waals surface area (Å²) in [5, 5.41) is 3.61. The number of nitrogens with zero attached hydrogens (tertiary/aromatic N) is 2. The Labute approximate surface area is 307 Å². The molecule has 5 heteroatoms. The van der Waals surface area contributed by atoms with Crippen molar-refractivity contribution in [3.8, 4) is 33.6 Å². The number of fused-ring (bicyclic) bond motifs is 3. The van der Waals surface area contributed by atoms with Crippen LogP contribution >= 0.6 is 0 Å². The van der Waals surface area contributed by atoms with Crippen molar-refractivity contribution < 1.29 is 25.9 Å². The quantitative estimate of drug-likeness (QED) is 0.119. The van der Waals surface area contributed by atoms with Crippen LogP contribution in [0.2, 0.25) is 19.6 Å². The molecule has 3 nitrogen and oxygen atoms in total. The third kappa shape index (κ3) is 8.54. The van der Waals surface area contributed by atoms with Gasteiger partial charge >= 0.3 is 0 Å². The van der Waals surface area contributed by atoms with Crippen LogP contribution in [0.3, 0.4) is 0 Å². The number of furan rings is 1. The maximum Gasteiger partial charge on any atom is 0.124 e. The van der Waals surface area contributed by atoms with Gasteiger partial charge in [-0.25, -0.2) is 0 Å². The number of aromatic nitrogens is 2. The van der Waals surface area contributed by atoms with E-state index in [0.717, 1.165) is 62.0 Å². The molecule has 0 atom stereocenters. The van der Waals surface area contributed by atoms with Crippen LogP contribution in [0.15, 0.2) is 120 Å². The van der Waals surface area contributed by atoms with E-state index in [9.17, 15) is 0 Å². The van der Waals surface area contributed by atoms with Crippen molar-refractivity contribution in [2.24, 2.45) is 5.92 Å². The van der Waals surface area contributed by atoms with Crippen molar-refractivity contribution in [1.82, 2.24) is 9.97 Å². The topological polar surface area (TPSA) is 38.9 Å². The molecule has 0 amide bonds. The molecule has 4 aromatic carbocycles. The average molecular weight is 838 g/mol. The summed E-state index contributed by atoms with van der Waals surface area (Å²) in [5.74, 6) is -0.00487. The minimum atomic E-state index is -1.34. The van der Waals surface area contributed by atoms with E-state index in [1.807, 2.05) is 74.5 Å². The van der Waals surface area contributed by atoms with E-state index in [-0.39, 0.29) is 20.1 Å². The first-order valence-electron chi connectivity index (χ1n) is 17.2. The molecule has 0 N–H and O–H groups in total. The van der Waals surface area contributed by atoms with Gasteiger partial charge in [0.1, 0.15) is 5.58 Å². The monoisotopic (exact) mass is 838 g/mol.